The number of amides is 1. The fraction of sp³-hybridized carbons (Fsp3) is 0.409. The molecular formula is C22H24N4O2. The van der Waals surface area contributed by atoms with Crippen molar-refractivity contribution in [1.29, 1.82) is 0 Å². The second-order valence-electron chi connectivity index (χ2n) is 7.76. The predicted molar refractivity (Wildman–Crippen MR) is 107 cm³/mol. The Morgan fingerprint density at radius 2 is 2.04 bits per heavy atom. The first kappa shape index (κ1) is 17.4. The average Bonchev–Trinajstić information content (AvgIpc) is 3.25. The minimum Gasteiger partial charge on any atom is -0.377 e. The van der Waals surface area contributed by atoms with Gasteiger partial charge in [-0.1, -0.05) is 25.1 Å². The van der Waals surface area contributed by atoms with Crippen LogP contribution in [0.5, 0.6) is 0 Å². The van der Waals surface area contributed by atoms with Crippen molar-refractivity contribution >= 4 is 16.7 Å². The fourth-order valence-corrected chi connectivity index (χ4v) is 4.59. The molecule has 3 aromatic rings. The molecule has 6 heteroatoms. The molecule has 2 aliphatic heterocycles. The molecule has 6 nitrogen and oxygen atoms in total. The maximum absolute atomic E-state index is 13.7. The highest BCUT2D eigenvalue weighted by atomic mass is 16.5. The van der Waals surface area contributed by atoms with E-state index in [1.165, 1.54) is 0 Å². The van der Waals surface area contributed by atoms with Crippen LogP contribution in [0.3, 0.4) is 0 Å². The topological polar surface area (TPSA) is 60.2 Å². The van der Waals surface area contributed by atoms with E-state index in [2.05, 4.69) is 30.2 Å². The van der Waals surface area contributed by atoms with Crippen molar-refractivity contribution < 1.29 is 9.53 Å². The van der Waals surface area contributed by atoms with E-state index < -0.39 is 0 Å². The van der Waals surface area contributed by atoms with Crippen molar-refractivity contribution in [2.75, 3.05) is 13.2 Å². The van der Waals surface area contributed by atoms with Crippen LogP contribution in [0.4, 0.5) is 0 Å². The molecule has 2 unspecified atom stereocenters. The zero-order valence-electron chi connectivity index (χ0n) is 16.3. The Kier molecular flexibility index (Phi) is 4.16. The highest BCUT2D eigenvalue weighted by Gasteiger charge is 2.41. The number of carbonyl (C=O) groups excluding carboxylic acids is 1. The molecule has 0 spiro atoms. The van der Waals surface area contributed by atoms with Gasteiger partial charge in [0.25, 0.3) is 5.91 Å². The number of aryl methyl sites for hydroxylation is 2. The van der Waals surface area contributed by atoms with E-state index in [9.17, 15) is 4.79 Å². The lowest BCUT2D eigenvalue weighted by Crippen LogP contribution is -2.49. The number of rotatable bonds is 3. The number of carbonyl (C=O) groups is 1. The number of benzene rings is 1. The molecule has 2 fully saturated rings. The van der Waals surface area contributed by atoms with Gasteiger partial charge in [-0.3, -0.25) is 9.48 Å². The van der Waals surface area contributed by atoms with Crippen LogP contribution in [-0.4, -0.2) is 50.9 Å². The second-order valence-corrected chi connectivity index (χ2v) is 7.76. The Hall–Kier alpha value is -2.73. The zero-order chi connectivity index (χ0) is 19.3. The molecule has 144 valence electrons. The normalized spacial score (nSPS) is 21.4. The third-order valence-electron chi connectivity index (χ3n) is 5.97. The molecular weight excluding hydrogens is 352 g/mol. The van der Waals surface area contributed by atoms with Crippen LogP contribution < -0.4 is 0 Å². The minimum absolute atomic E-state index is 0.0347. The number of hydrogen-bond acceptors (Lipinski definition) is 4. The number of pyridine rings is 1. The Bertz CT molecular complexity index is 1040. The number of fused-ring (bicyclic) bond motifs is 3. The quantitative estimate of drug-likeness (QED) is 0.704. The van der Waals surface area contributed by atoms with Crippen molar-refractivity contribution in [3.05, 3.63) is 48.0 Å². The fourth-order valence-electron chi connectivity index (χ4n) is 4.59. The standard InChI is InChI=1S/C22H24N4O2/c1-3-16-9-14-5-4-6-19(15-10-23-25(2)11-15)20(14)21(24-16)22(27)26-17-7-8-18(26)13-28-12-17/h4-6,9-11,17-18H,3,7-8,12-13H2,1-2H3. The van der Waals surface area contributed by atoms with Crippen LogP contribution in [-0.2, 0) is 18.2 Å². The highest BCUT2D eigenvalue weighted by molar-refractivity contribution is 6.11. The first-order valence-electron chi connectivity index (χ1n) is 9.97. The molecule has 1 amide bonds. The summed E-state index contributed by atoms with van der Waals surface area (Å²) in [5, 5.41) is 6.29. The van der Waals surface area contributed by atoms with E-state index in [1.54, 1.807) is 4.68 Å². The summed E-state index contributed by atoms with van der Waals surface area (Å²) in [6.45, 7) is 3.33. The summed E-state index contributed by atoms with van der Waals surface area (Å²) in [6.07, 6.45) is 6.64. The van der Waals surface area contributed by atoms with Crippen LogP contribution in [0, 0.1) is 0 Å². The highest BCUT2D eigenvalue weighted by Crippen LogP contribution is 2.35. The summed E-state index contributed by atoms with van der Waals surface area (Å²) >= 11 is 0. The van der Waals surface area contributed by atoms with Crippen LogP contribution in [0.25, 0.3) is 21.9 Å². The molecule has 2 bridgehead atoms. The van der Waals surface area contributed by atoms with E-state index in [0.29, 0.717) is 18.9 Å². The van der Waals surface area contributed by atoms with Crippen LogP contribution in [0.1, 0.15) is 35.9 Å². The number of nitrogens with zero attached hydrogens (tertiary/aromatic N) is 4. The zero-order valence-corrected chi connectivity index (χ0v) is 16.3. The smallest absolute Gasteiger partial charge is 0.273 e. The molecule has 0 radical (unpaired) electrons. The van der Waals surface area contributed by atoms with E-state index in [1.807, 2.05) is 30.4 Å². The molecule has 1 aromatic carbocycles. The summed E-state index contributed by atoms with van der Waals surface area (Å²) in [4.78, 5) is 20.6. The lowest BCUT2D eigenvalue weighted by Gasteiger charge is -2.34. The van der Waals surface area contributed by atoms with Gasteiger partial charge >= 0.3 is 0 Å². The van der Waals surface area contributed by atoms with Crippen LogP contribution in [0.2, 0.25) is 0 Å². The van der Waals surface area contributed by atoms with E-state index in [4.69, 9.17) is 9.72 Å². The number of hydrogen-bond donors (Lipinski definition) is 0. The Morgan fingerprint density at radius 3 is 2.71 bits per heavy atom. The van der Waals surface area contributed by atoms with Gasteiger partial charge in [0.15, 0.2) is 0 Å². The largest absolute Gasteiger partial charge is 0.377 e. The Balaban J connectivity index is 1.71. The van der Waals surface area contributed by atoms with Gasteiger partial charge in [0.05, 0.1) is 31.5 Å². The molecule has 28 heavy (non-hydrogen) atoms. The van der Waals surface area contributed by atoms with Crippen molar-refractivity contribution in [1.82, 2.24) is 19.7 Å². The summed E-state index contributed by atoms with van der Waals surface area (Å²) in [7, 11) is 1.90. The number of ether oxygens (including phenoxy) is 1. The monoisotopic (exact) mass is 376 g/mol. The molecule has 2 atom stereocenters. The summed E-state index contributed by atoms with van der Waals surface area (Å²) in [6, 6.07) is 8.59. The molecule has 4 heterocycles. The summed E-state index contributed by atoms with van der Waals surface area (Å²) in [5.41, 5.74) is 3.51. The first-order chi connectivity index (χ1) is 13.7. The molecule has 2 saturated heterocycles. The number of aromatic nitrogens is 3. The molecule has 2 aliphatic rings. The van der Waals surface area contributed by atoms with Gasteiger partial charge < -0.3 is 9.64 Å². The van der Waals surface area contributed by atoms with Gasteiger partial charge in [-0.2, -0.15) is 5.10 Å². The van der Waals surface area contributed by atoms with Crippen molar-refractivity contribution in [3.63, 3.8) is 0 Å². The molecule has 0 saturated carbocycles. The van der Waals surface area contributed by atoms with Gasteiger partial charge in [-0.25, -0.2) is 4.98 Å². The van der Waals surface area contributed by atoms with Crippen molar-refractivity contribution in [2.24, 2.45) is 7.05 Å². The van der Waals surface area contributed by atoms with Gasteiger partial charge in [-0.15, -0.1) is 0 Å². The lowest BCUT2D eigenvalue weighted by atomic mass is 9.97. The van der Waals surface area contributed by atoms with Crippen LogP contribution in [0.15, 0.2) is 36.7 Å². The molecule has 2 aromatic heterocycles. The summed E-state index contributed by atoms with van der Waals surface area (Å²) in [5.74, 6) is 0.0347. The van der Waals surface area contributed by atoms with Gasteiger partial charge in [0.1, 0.15) is 5.69 Å². The van der Waals surface area contributed by atoms with Gasteiger partial charge in [0, 0.05) is 29.9 Å². The predicted octanol–water partition coefficient (Wildman–Crippen LogP) is 3.20. The van der Waals surface area contributed by atoms with Gasteiger partial charge in [0.2, 0.25) is 0 Å². The van der Waals surface area contributed by atoms with Gasteiger partial charge in [-0.05, 0) is 36.3 Å². The third kappa shape index (κ3) is 2.71. The van der Waals surface area contributed by atoms with E-state index in [-0.39, 0.29) is 18.0 Å². The molecule has 0 N–H and O–H groups in total. The second kappa shape index (κ2) is 6.71. The lowest BCUT2D eigenvalue weighted by molar-refractivity contribution is -0.00735. The Labute approximate surface area is 164 Å². The first-order valence-corrected chi connectivity index (χ1v) is 9.97. The van der Waals surface area contributed by atoms with Crippen molar-refractivity contribution in [3.8, 4) is 11.1 Å². The average molecular weight is 376 g/mol. The number of morpholine rings is 1. The molecule has 5 rings (SSSR count). The third-order valence-corrected chi connectivity index (χ3v) is 5.97. The van der Waals surface area contributed by atoms with E-state index in [0.717, 1.165) is 46.9 Å². The maximum Gasteiger partial charge on any atom is 0.273 e. The maximum atomic E-state index is 13.7. The Morgan fingerprint density at radius 1 is 1.25 bits per heavy atom. The molecule has 0 aliphatic carbocycles. The van der Waals surface area contributed by atoms with Crippen LogP contribution >= 0.6 is 0 Å². The van der Waals surface area contributed by atoms with E-state index >= 15 is 0 Å². The summed E-state index contributed by atoms with van der Waals surface area (Å²) < 4.78 is 7.46. The SMILES string of the molecule is CCc1cc2cccc(-c3cnn(C)c3)c2c(C(=O)N2C3CCC2COC3)n1. The minimum atomic E-state index is 0.0347. The van der Waals surface area contributed by atoms with Crippen molar-refractivity contribution in [2.45, 2.75) is 38.3 Å².